The van der Waals surface area contributed by atoms with Crippen molar-refractivity contribution in [1.29, 1.82) is 0 Å². The van der Waals surface area contributed by atoms with Crippen molar-refractivity contribution in [3.8, 4) is 0 Å². The SMILES string of the molecule is CCOC(=O)N1CCN(C(=O)COC(=O)/C=C/c2ccccc2C)CC1. The molecule has 1 aliphatic heterocycles. The Labute approximate surface area is 153 Å². The minimum atomic E-state index is -0.563. The van der Waals surface area contributed by atoms with Gasteiger partial charge in [0, 0.05) is 32.3 Å². The summed E-state index contributed by atoms with van der Waals surface area (Å²) in [6.45, 7) is 5.32. The van der Waals surface area contributed by atoms with E-state index in [-0.39, 0.29) is 18.6 Å². The minimum Gasteiger partial charge on any atom is -0.452 e. The summed E-state index contributed by atoms with van der Waals surface area (Å²) in [5.41, 5.74) is 1.97. The third-order valence-corrected chi connectivity index (χ3v) is 4.08. The number of ether oxygens (including phenoxy) is 2. The van der Waals surface area contributed by atoms with Crippen LogP contribution in [0, 0.1) is 6.92 Å². The lowest BCUT2D eigenvalue weighted by Crippen LogP contribution is -2.51. The van der Waals surface area contributed by atoms with E-state index >= 15 is 0 Å². The van der Waals surface area contributed by atoms with Crippen LogP contribution >= 0.6 is 0 Å². The third-order valence-electron chi connectivity index (χ3n) is 4.08. The standard InChI is InChI=1S/C19H24N2O5/c1-3-25-19(24)21-12-10-20(11-13-21)17(22)14-26-18(23)9-8-16-7-5-4-6-15(16)2/h4-9H,3,10-14H2,1-2H3/b9-8+. The lowest BCUT2D eigenvalue weighted by Gasteiger charge is -2.33. The molecule has 1 aromatic carbocycles. The van der Waals surface area contributed by atoms with Gasteiger partial charge in [0.25, 0.3) is 5.91 Å². The summed E-state index contributed by atoms with van der Waals surface area (Å²) >= 11 is 0. The van der Waals surface area contributed by atoms with Crippen LogP contribution < -0.4 is 0 Å². The molecule has 0 bridgehead atoms. The molecular formula is C19H24N2O5. The molecule has 1 fully saturated rings. The fourth-order valence-electron chi connectivity index (χ4n) is 2.56. The zero-order valence-electron chi connectivity index (χ0n) is 15.1. The van der Waals surface area contributed by atoms with Crippen LogP contribution in [0.2, 0.25) is 0 Å². The van der Waals surface area contributed by atoms with Crippen molar-refractivity contribution in [2.75, 3.05) is 39.4 Å². The highest BCUT2D eigenvalue weighted by Crippen LogP contribution is 2.09. The van der Waals surface area contributed by atoms with Crippen LogP contribution in [-0.4, -0.2) is 67.2 Å². The Morgan fingerprint density at radius 2 is 1.69 bits per heavy atom. The highest BCUT2D eigenvalue weighted by molar-refractivity contribution is 5.89. The average Bonchev–Trinajstić information content (AvgIpc) is 2.65. The number of aryl methyl sites for hydroxylation is 1. The maximum Gasteiger partial charge on any atom is 0.409 e. The molecule has 1 heterocycles. The summed E-state index contributed by atoms with van der Waals surface area (Å²) in [5.74, 6) is -0.835. The molecule has 140 valence electrons. The van der Waals surface area contributed by atoms with Gasteiger partial charge in [-0.3, -0.25) is 4.79 Å². The van der Waals surface area contributed by atoms with E-state index in [0.717, 1.165) is 11.1 Å². The molecule has 7 heteroatoms. The van der Waals surface area contributed by atoms with Gasteiger partial charge in [-0.15, -0.1) is 0 Å². The first-order valence-electron chi connectivity index (χ1n) is 8.61. The van der Waals surface area contributed by atoms with Gasteiger partial charge in [-0.2, -0.15) is 0 Å². The topological polar surface area (TPSA) is 76.2 Å². The van der Waals surface area contributed by atoms with Gasteiger partial charge in [0.05, 0.1) is 6.61 Å². The summed E-state index contributed by atoms with van der Waals surface area (Å²) in [5, 5.41) is 0. The van der Waals surface area contributed by atoms with E-state index < -0.39 is 5.97 Å². The van der Waals surface area contributed by atoms with Crippen LogP contribution in [0.4, 0.5) is 4.79 Å². The number of nitrogens with zero attached hydrogens (tertiary/aromatic N) is 2. The molecule has 1 aliphatic rings. The van der Waals surface area contributed by atoms with Gasteiger partial charge in [-0.05, 0) is 31.1 Å². The normalized spacial score (nSPS) is 14.4. The fraction of sp³-hybridized carbons (Fsp3) is 0.421. The Bertz CT molecular complexity index is 678. The van der Waals surface area contributed by atoms with Gasteiger partial charge >= 0.3 is 12.1 Å². The van der Waals surface area contributed by atoms with Crippen LogP contribution in [0.3, 0.4) is 0 Å². The first kappa shape index (κ1) is 19.5. The molecule has 2 amide bonds. The van der Waals surface area contributed by atoms with Crippen molar-refractivity contribution in [2.45, 2.75) is 13.8 Å². The van der Waals surface area contributed by atoms with Gasteiger partial charge < -0.3 is 19.3 Å². The van der Waals surface area contributed by atoms with Gasteiger partial charge in [-0.25, -0.2) is 9.59 Å². The minimum absolute atomic E-state index is 0.272. The zero-order chi connectivity index (χ0) is 18.9. The number of piperazine rings is 1. The maximum atomic E-state index is 12.1. The van der Waals surface area contributed by atoms with Crippen molar-refractivity contribution in [3.63, 3.8) is 0 Å². The third kappa shape index (κ3) is 5.61. The van der Waals surface area contributed by atoms with Gasteiger partial charge in [0.1, 0.15) is 0 Å². The van der Waals surface area contributed by atoms with Crippen LogP contribution in [0.15, 0.2) is 30.3 Å². The second kappa shape index (κ2) is 9.60. The molecule has 1 saturated heterocycles. The van der Waals surface area contributed by atoms with E-state index in [0.29, 0.717) is 32.8 Å². The Kier molecular flexibility index (Phi) is 7.20. The molecule has 1 aromatic rings. The van der Waals surface area contributed by atoms with Crippen molar-refractivity contribution >= 4 is 24.0 Å². The van der Waals surface area contributed by atoms with E-state index in [1.807, 2.05) is 31.2 Å². The molecule has 0 radical (unpaired) electrons. The number of hydrogen-bond acceptors (Lipinski definition) is 5. The van der Waals surface area contributed by atoms with Crippen LogP contribution in [-0.2, 0) is 19.1 Å². The second-order valence-corrected chi connectivity index (χ2v) is 5.86. The molecule has 2 rings (SSSR count). The number of carbonyl (C=O) groups is 3. The highest BCUT2D eigenvalue weighted by Gasteiger charge is 2.25. The summed E-state index contributed by atoms with van der Waals surface area (Å²) in [4.78, 5) is 38.7. The number of rotatable bonds is 5. The molecule has 0 atom stereocenters. The van der Waals surface area contributed by atoms with Gasteiger partial charge in [0.2, 0.25) is 0 Å². The van der Waals surface area contributed by atoms with Crippen molar-refractivity contribution in [1.82, 2.24) is 9.80 Å². The van der Waals surface area contributed by atoms with Gasteiger partial charge in [-0.1, -0.05) is 24.3 Å². The quantitative estimate of drug-likeness (QED) is 0.592. The molecule has 0 aliphatic carbocycles. The molecule has 0 N–H and O–H groups in total. The number of carbonyl (C=O) groups excluding carboxylic acids is 3. The molecule has 7 nitrogen and oxygen atoms in total. The van der Waals surface area contributed by atoms with E-state index in [4.69, 9.17) is 9.47 Å². The number of hydrogen-bond donors (Lipinski definition) is 0. The van der Waals surface area contributed by atoms with E-state index in [1.165, 1.54) is 6.08 Å². The van der Waals surface area contributed by atoms with Crippen molar-refractivity contribution in [2.24, 2.45) is 0 Å². The van der Waals surface area contributed by atoms with E-state index in [2.05, 4.69) is 0 Å². The average molecular weight is 360 g/mol. The van der Waals surface area contributed by atoms with Gasteiger partial charge in [0.15, 0.2) is 6.61 Å². The number of amides is 2. The van der Waals surface area contributed by atoms with E-state index in [9.17, 15) is 14.4 Å². The van der Waals surface area contributed by atoms with Crippen molar-refractivity contribution in [3.05, 3.63) is 41.5 Å². The second-order valence-electron chi connectivity index (χ2n) is 5.86. The Hall–Kier alpha value is -2.83. The Morgan fingerprint density at radius 1 is 1.04 bits per heavy atom. The highest BCUT2D eigenvalue weighted by atomic mass is 16.6. The zero-order valence-corrected chi connectivity index (χ0v) is 15.1. The lowest BCUT2D eigenvalue weighted by molar-refractivity contribution is -0.148. The first-order valence-corrected chi connectivity index (χ1v) is 8.61. The summed E-state index contributed by atoms with van der Waals surface area (Å²) < 4.78 is 9.94. The van der Waals surface area contributed by atoms with Crippen LogP contribution in [0.1, 0.15) is 18.1 Å². The Balaban J connectivity index is 1.74. The van der Waals surface area contributed by atoms with Crippen molar-refractivity contribution < 1.29 is 23.9 Å². The predicted octanol–water partition coefficient (Wildman–Crippen LogP) is 1.85. The number of esters is 1. The predicted molar refractivity (Wildman–Crippen MR) is 96.3 cm³/mol. The largest absolute Gasteiger partial charge is 0.452 e. The van der Waals surface area contributed by atoms with Crippen LogP contribution in [0.5, 0.6) is 0 Å². The molecule has 0 saturated carbocycles. The summed E-state index contributed by atoms with van der Waals surface area (Å²) in [6, 6.07) is 7.65. The number of benzene rings is 1. The molecule has 0 spiro atoms. The monoisotopic (exact) mass is 360 g/mol. The molecule has 26 heavy (non-hydrogen) atoms. The maximum absolute atomic E-state index is 12.1. The molecule has 0 unspecified atom stereocenters. The summed E-state index contributed by atoms with van der Waals surface area (Å²) in [6.07, 6.45) is 2.61. The van der Waals surface area contributed by atoms with Crippen LogP contribution in [0.25, 0.3) is 6.08 Å². The molecular weight excluding hydrogens is 336 g/mol. The lowest BCUT2D eigenvalue weighted by atomic mass is 10.1. The molecule has 0 aromatic heterocycles. The summed E-state index contributed by atoms with van der Waals surface area (Å²) in [7, 11) is 0. The Morgan fingerprint density at radius 3 is 2.35 bits per heavy atom. The van der Waals surface area contributed by atoms with E-state index in [1.54, 1.807) is 22.8 Å². The first-order chi connectivity index (χ1) is 12.5. The fourth-order valence-corrected chi connectivity index (χ4v) is 2.56. The smallest absolute Gasteiger partial charge is 0.409 e.